The highest BCUT2D eigenvalue weighted by molar-refractivity contribution is 6.14. The first kappa shape index (κ1) is 33.1. The van der Waals surface area contributed by atoms with E-state index in [1.54, 1.807) is 43.4 Å². The molecule has 12 heteroatoms. The van der Waals surface area contributed by atoms with Gasteiger partial charge in [-0.1, -0.05) is 12.1 Å². The summed E-state index contributed by atoms with van der Waals surface area (Å²) >= 11 is 0. The van der Waals surface area contributed by atoms with Gasteiger partial charge >= 0.3 is 0 Å². The van der Waals surface area contributed by atoms with Crippen LogP contribution in [0.4, 0.5) is 11.4 Å². The first-order chi connectivity index (χ1) is 22.7. The van der Waals surface area contributed by atoms with Crippen molar-refractivity contribution in [3.8, 4) is 17.4 Å². The van der Waals surface area contributed by atoms with Gasteiger partial charge in [0.1, 0.15) is 17.4 Å². The third-order valence-electron chi connectivity index (χ3n) is 8.36. The van der Waals surface area contributed by atoms with E-state index in [1.807, 2.05) is 25.1 Å². The van der Waals surface area contributed by atoms with Crippen LogP contribution in [0.25, 0.3) is 10.9 Å². The number of allylic oxidation sites excluding steroid dienone is 1. The summed E-state index contributed by atoms with van der Waals surface area (Å²) in [6, 6.07) is 15.4. The fourth-order valence-corrected chi connectivity index (χ4v) is 5.61. The highest BCUT2D eigenvalue weighted by Gasteiger charge is 2.22. The number of amides is 2. The lowest BCUT2D eigenvalue weighted by atomic mass is 10.1. The van der Waals surface area contributed by atoms with Crippen LogP contribution >= 0.6 is 0 Å². The lowest BCUT2D eigenvalue weighted by Crippen LogP contribution is -2.44. The number of hydrogen-bond donors (Lipinski definition) is 3. The zero-order chi connectivity index (χ0) is 33.5. The van der Waals surface area contributed by atoms with Gasteiger partial charge < -0.3 is 34.6 Å². The number of fused-ring (bicyclic) bond motifs is 1. The maximum atomic E-state index is 13.7. The number of nitrogens with zero attached hydrogens (tertiary/aromatic N) is 4. The van der Waals surface area contributed by atoms with E-state index in [9.17, 15) is 19.5 Å². The van der Waals surface area contributed by atoms with Gasteiger partial charge in [-0.3, -0.25) is 14.7 Å². The van der Waals surface area contributed by atoms with Crippen molar-refractivity contribution in [1.29, 1.82) is 0 Å². The number of aromatic hydroxyl groups is 1. The van der Waals surface area contributed by atoms with Crippen molar-refractivity contribution >= 4 is 40.0 Å². The molecule has 1 aromatic heterocycles. The molecule has 0 atom stereocenters. The second kappa shape index (κ2) is 14.8. The van der Waals surface area contributed by atoms with Crippen molar-refractivity contribution in [2.24, 2.45) is 0 Å². The number of ether oxygens (including phenoxy) is 2. The number of nitrogens with one attached hydrogen (secondary N) is 2. The van der Waals surface area contributed by atoms with Crippen LogP contribution in [0.5, 0.6) is 17.4 Å². The number of aromatic nitrogens is 2. The van der Waals surface area contributed by atoms with Crippen LogP contribution in [0.2, 0.25) is 0 Å². The van der Waals surface area contributed by atoms with E-state index in [2.05, 4.69) is 38.3 Å². The van der Waals surface area contributed by atoms with Crippen LogP contribution in [0.3, 0.4) is 0 Å². The average molecular weight is 641 g/mol. The molecular weight excluding hydrogens is 600 g/mol. The number of carbonyl (C=O) groups excluding carboxylic acids is 3. The molecule has 3 N–H and O–H groups in total. The third-order valence-corrected chi connectivity index (χ3v) is 8.36. The number of aryl methyl sites for hydroxylation is 1. The molecule has 0 aliphatic carbocycles. The van der Waals surface area contributed by atoms with Gasteiger partial charge in [0, 0.05) is 38.8 Å². The normalized spacial score (nSPS) is 13.2. The van der Waals surface area contributed by atoms with E-state index < -0.39 is 5.91 Å². The molecular formula is C35H40N6O6. The number of unbranched alkanes of at least 4 members (excludes halogenated alkanes) is 1. The molecule has 3 aromatic carbocycles. The number of hydrogen-bond acceptors (Lipinski definition) is 9. The van der Waals surface area contributed by atoms with E-state index in [0.717, 1.165) is 50.3 Å². The lowest BCUT2D eigenvalue weighted by Gasteiger charge is -2.34. The Morgan fingerprint density at radius 2 is 1.85 bits per heavy atom. The van der Waals surface area contributed by atoms with Crippen LogP contribution in [0.1, 0.15) is 45.5 Å². The minimum atomic E-state index is -0.471. The first-order valence-electron chi connectivity index (χ1n) is 15.5. The van der Waals surface area contributed by atoms with Gasteiger partial charge in [-0.05, 0) is 81.3 Å². The van der Waals surface area contributed by atoms with Crippen molar-refractivity contribution in [3.05, 3.63) is 77.0 Å². The zero-order valence-corrected chi connectivity index (χ0v) is 27.1. The summed E-state index contributed by atoms with van der Waals surface area (Å²) in [5.74, 6) is 1.97. The summed E-state index contributed by atoms with van der Waals surface area (Å²) in [6.45, 7) is 5.92. The molecule has 1 fully saturated rings. The molecule has 4 aromatic rings. The Labute approximate surface area is 273 Å². The number of likely N-dealkylation sites (N-methyl/N-ethyl adjacent to an activating group) is 1. The van der Waals surface area contributed by atoms with Gasteiger partial charge in [0.25, 0.3) is 11.8 Å². The molecule has 47 heavy (non-hydrogen) atoms. The Morgan fingerprint density at radius 1 is 1.06 bits per heavy atom. The van der Waals surface area contributed by atoms with Gasteiger partial charge in [-0.2, -0.15) is 0 Å². The monoisotopic (exact) mass is 640 g/mol. The molecule has 2 heterocycles. The van der Waals surface area contributed by atoms with E-state index in [4.69, 9.17) is 9.47 Å². The number of H-pyrrole nitrogens is 1. The standard InChI is InChI=1S/C35H40N6O6/c1-23-11-14-29(31(20-23)47-19-6-5-8-25(22-42)41-17-15-39(2)16-18-41)40(3)35(45)24-12-13-27(30(21-24)46-4)36-33(43)26-9-7-10-28-32(26)34(44)38-37-28/h7,9-14,20-21H,5-6,8,15-19H2,1-4H3,(H,36,43)(H2,37,38,44). The molecule has 12 nitrogen and oxygen atoms in total. The van der Waals surface area contributed by atoms with Crippen LogP contribution in [0, 0.1) is 6.92 Å². The van der Waals surface area contributed by atoms with Crippen molar-refractivity contribution < 1.29 is 29.0 Å². The molecule has 0 bridgehead atoms. The summed E-state index contributed by atoms with van der Waals surface area (Å²) in [5, 5.41) is 19.7. The highest BCUT2D eigenvalue weighted by atomic mass is 16.5. The minimum Gasteiger partial charge on any atom is -0.495 e. The fourth-order valence-electron chi connectivity index (χ4n) is 5.61. The van der Waals surface area contributed by atoms with E-state index in [-0.39, 0.29) is 17.4 Å². The Kier molecular flexibility index (Phi) is 10.4. The lowest BCUT2D eigenvalue weighted by molar-refractivity contribution is 0.0990. The second-order valence-corrected chi connectivity index (χ2v) is 11.6. The van der Waals surface area contributed by atoms with Crippen molar-refractivity contribution in [2.75, 3.05) is 64.2 Å². The molecule has 0 unspecified atom stereocenters. The van der Waals surface area contributed by atoms with Gasteiger partial charge in [-0.15, -0.1) is 5.10 Å². The predicted octanol–water partition coefficient (Wildman–Crippen LogP) is 4.63. The van der Waals surface area contributed by atoms with E-state index in [1.165, 1.54) is 12.0 Å². The third kappa shape index (κ3) is 7.57. The largest absolute Gasteiger partial charge is 0.495 e. The molecule has 2 amide bonds. The highest BCUT2D eigenvalue weighted by Crippen LogP contribution is 2.33. The summed E-state index contributed by atoms with van der Waals surface area (Å²) in [5.41, 5.74) is 3.78. The summed E-state index contributed by atoms with van der Waals surface area (Å²) in [7, 11) is 5.21. The molecule has 0 spiro atoms. The molecule has 1 aliphatic rings. The quantitative estimate of drug-likeness (QED) is 0.149. The second-order valence-electron chi connectivity index (χ2n) is 11.6. The molecule has 1 aliphatic heterocycles. The van der Waals surface area contributed by atoms with Crippen LogP contribution in [0.15, 0.2) is 60.3 Å². The maximum absolute atomic E-state index is 13.7. The number of benzene rings is 3. The molecule has 0 saturated carbocycles. The molecule has 1 saturated heterocycles. The number of piperazine rings is 1. The number of methoxy groups -OCH3 is 1. The Bertz CT molecular complexity index is 1810. The topological polar surface area (TPSA) is 140 Å². The Hall–Kier alpha value is -5.32. The van der Waals surface area contributed by atoms with Crippen molar-refractivity contribution in [3.63, 3.8) is 0 Å². The van der Waals surface area contributed by atoms with Gasteiger partial charge in [-0.25, -0.2) is 4.79 Å². The van der Waals surface area contributed by atoms with Gasteiger partial charge in [0.15, 0.2) is 0 Å². The van der Waals surface area contributed by atoms with Crippen LogP contribution in [-0.2, 0) is 4.79 Å². The van der Waals surface area contributed by atoms with E-state index in [0.29, 0.717) is 52.4 Å². The number of aromatic amines is 1. The maximum Gasteiger partial charge on any atom is 0.258 e. The molecule has 5 rings (SSSR count). The van der Waals surface area contributed by atoms with Crippen LogP contribution in [-0.4, -0.2) is 96.9 Å². The predicted molar refractivity (Wildman–Crippen MR) is 180 cm³/mol. The Morgan fingerprint density at radius 3 is 2.60 bits per heavy atom. The van der Waals surface area contributed by atoms with Gasteiger partial charge in [0.05, 0.1) is 47.3 Å². The van der Waals surface area contributed by atoms with E-state index >= 15 is 0 Å². The number of anilines is 2. The number of rotatable bonds is 12. The van der Waals surface area contributed by atoms with Gasteiger partial charge in [0.2, 0.25) is 5.88 Å². The number of carbonyl (C=O) groups is 2. The first-order valence-corrected chi connectivity index (χ1v) is 15.5. The fraction of sp³-hybridized carbons (Fsp3) is 0.343. The zero-order valence-electron chi connectivity index (χ0n) is 27.1. The van der Waals surface area contributed by atoms with Crippen molar-refractivity contribution in [2.45, 2.75) is 26.2 Å². The Balaban J connectivity index is 1.23. The summed E-state index contributed by atoms with van der Waals surface area (Å²) < 4.78 is 11.7. The summed E-state index contributed by atoms with van der Waals surface area (Å²) in [4.78, 5) is 44.3. The average Bonchev–Trinajstić information content (AvgIpc) is 3.47. The molecule has 0 radical (unpaired) electrons. The van der Waals surface area contributed by atoms with Crippen LogP contribution < -0.4 is 19.7 Å². The SMILES string of the molecule is COc1cc(C(=O)N(C)c2ccc(C)cc2OCCCCC(=C=O)N2CCN(C)CC2)ccc1NC(=O)c1cccc2[nH]nc(O)c12. The summed E-state index contributed by atoms with van der Waals surface area (Å²) in [6.07, 6.45) is 2.17. The molecule has 246 valence electrons. The minimum absolute atomic E-state index is 0.235. The van der Waals surface area contributed by atoms with Crippen molar-refractivity contribution in [1.82, 2.24) is 20.0 Å². The smallest absolute Gasteiger partial charge is 0.258 e.